The van der Waals surface area contributed by atoms with Crippen molar-refractivity contribution in [3.8, 4) is 5.75 Å². The van der Waals surface area contributed by atoms with E-state index in [2.05, 4.69) is 10.3 Å². The van der Waals surface area contributed by atoms with Gasteiger partial charge in [-0.1, -0.05) is 56.0 Å². The van der Waals surface area contributed by atoms with E-state index in [1.807, 2.05) is 60.7 Å². The van der Waals surface area contributed by atoms with Gasteiger partial charge in [0.1, 0.15) is 16.6 Å². The van der Waals surface area contributed by atoms with Gasteiger partial charge >= 0.3 is 6.03 Å². The lowest BCUT2D eigenvalue weighted by Gasteiger charge is -2.38. The number of halogens is 1. The summed E-state index contributed by atoms with van der Waals surface area (Å²) >= 11 is 3.10. The Morgan fingerprint density at radius 2 is 1.70 bits per heavy atom. The molecule has 0 bridgehead atoms. The number of hydrogen-bond donors (Lipinski definition) is 1. The molecular weight excluding hydrogens is 505 g/mol. The predicted octanol–water partition coefficient (Wildman–Crippen LogP) is 8.31. The van der Waals surface area contributed by atoms with Crippen molar-refractivity contribution < 1.29 is 13.9 Å². The van der Waals surface area contributed by atoms with Crippen LogP contribution in [0.3, 0.4) is 0 Å². The number of carbonyl (C=O) groups excluding carboxylic acids is 1. The van der Waals surface area contributed by atoms with Crippen molar-refractivity contribution in [3.05, 3.63) is 77.7 Å². The Morgan fingerprint density at radius 1 is 1.03 bits per heavy atom. The van der Waals surface area contributed by atoms with Crippen molar-refractivity contribution in [1.82, 2.24) is 9.88 Å². The lowest BCUT2D eigenvalue weighted by atomic mass is 10.0. The minimum absolute atomic E-state index is 0.00187. The molecule has 4 rings (SSSR count). The van der Waals surface area contributed by atoms with Gasteiger partial charge < -0.3 is 10.1 Å². The number of nitrogens with one attached hydrogen (secondary N) is 1. The quantitative estimate of drug-likeness (QED) is 0.177. The van der Waals surface area contributed by atoms with Crippen LogP contribution in [0.5, 0.6) is 5.75 Å². The first-order valence-electron chi connectivity index (χ1n) is 12.7. The molecule has 2 aromatic carbocycles. The summed E-state index contributed by atoms with van der Waals surface area (Å²) in [6, 6.07) is 17.5. The van der Waals surface area contributed by atoms with Gasteiger partial charge in [0.05, 0.1) is 5.69 Å². The van der Waals surface area contributed by atoms with Gasteiger partial charge in [-0.05, 0) is 62.6 Å². The maximum absolute atomic E-state index is 14.2. The number of urea groups is 1. The molecule has 37 heavy (non-hydrogen) atoms. The van der Waals surface area contributed by atoms with Crippen LogP contribution in [0.2, 0.25) is 0 Å². The SMILES string of the molecule is CSc1cc(C)nc(SC)c1NC(=O)N(C1CCCCCC1)C(Oc1ccc(F)cc1)c1ccccc1. The first-order valence-corrected chi connectivity index (χ1v) is 15.1. The fraction of sp³-hybridized carbons (Fsp3) is 0.379. The minimum atomic E-state index is -0.677. The Morgan fingerprint density at radius 3 is 2.32 bits per heavy atom. The number of aryl methyl sites for hydroxylation is 1. The third-order valence-electron chi connectivity index (χ3n) is 6.57. The van der Waals surface area contributed by atoms with Gasteiger partial charge in [0, 0.05) is 22.2 Å². The normalized spacial score (nSPS) is 15.0. The second-order valence-electron chi connectivity index (χ2n) is 9.17. The smallest absolute Gasteiger partial charge is 0.325 e. The van der Waals surface area contributed by atoms with E-state index in [4.69, 9.17) is 4.74 Å². The summed E-state index contributed by atoms with van der Waals surface area (Å²) in [7, 11) is 0. The molecule has 1 aliphatic rings. The second kappa shape index (κ2) is 13.2. The van der Waals surface area contributed by atoms with Crippen molar-refractivity contribution in [3.63, 3.8) is 0 Å². The van der Waals surface area contributed by atoms with E-state index < -0.39 is 6.23 Å². The highest BCUT2D eigenvalue weighted by atomic mass is 32.2. The van der Waals surface area contributed by atoms with E-state index in [-0.39, 0.29) is 17.9 Å². The molecule has 2 amide bonds. The lowest BCUT2D eigenvalue weighted by molar-refractivity contribution is 0.0235. The Bertz CT molecular complexity index is 1140. The van der Waals surface area contributed by atoms with Crippen molar-refractivity contribution in [2.45, 2.75) is 67.6 Å². The third kappa shape index (κ3) is 6.99. The van der Waals surface area contributed by atoms with Crippen molar-refractivity contribution in [2.24, 2.45) is 0 Å². The van der Waals surface area contributed by atoms with Crippen LogP contribution in [0.1, 0.15) is 56.0 Å². The first-order chi connectivity index (χ1) is 18.0. The highest BCUT2D eigenvalue weighted by molar-refractivity contribution is 7.99. The van der Waals surface area contributed by atoms with E-state index in [1.54, 1.807) is 23.9 Å². The molecule has 196 valence electrons. The molecule has 1 unspecified atom stereocenters. The molecule has 1 fully saturated rings. The largest absolute Gasteiger partial charge is 0.466 e. The molecule has 0 radical (unpaired) electrons. The van der Waals surface area contributed by atoms with E-state index in [0.29, 0.717) is 5.75 Å². The average molecular weight is 540 g/mol. The van der Waals surface area contributed by atoms with Gasteiger partial charge in [-0.3, -0.25) is 4.90 Å². The molecule has 8 heteroatoms. The summed E-state index contributed by atoms with van der Waals surface area (Å²) in [5, 5.41) is 4.00. The molecule has 1 heterocycles. The van der Waals surface area contributed by atoms with Crippen LogP contribution in [-0.2, 0) is 0 Å². The molecule has 0 aliphatic heterocycles. The fourth-order valence-corrected chi connectivity index (χ4v) is 6.06. The van der Waals surface area contributed by atoms with Crippen LogP contribution in [0.15, 0.2) is 70.6 Å². The lowest BCUT2D eigenvalue weighted by Crippen LogP contribution is -2.47. The first kappa shape index (κ1) is 27.3. The monoisotopic (exact) mass is 539 g/mol. The summed E-state index contributed by atoms with van der Waals surface area (Å²) in [5.41, 5.74) is 2.50. The maximum Gasteiger partial charge on any atom is 0.325 e. The number of ether oxygens (including phenoxy) is 1. The summed E-state index contributed by atoms with van der Waals surface area (Å²) in [6.45, 7) is 1.96. The zero-order valence-electron chi connectivity index (χ0n) is 21.6. The number of nitrogens with zero attached hydrogens (tertiary/aromatic N) is 2. The Labute approximate surface area is 227 Å². The van der Waals surface area contributed by atoms with Gasteiger partial charge in [0.2, 0.25) is 6.23 Å². The summed E-state index contributed by atoms with van der Waals surface area (Å²) in [5.74, 6) is 0.177. The van der Waals surface area contributed by atoms with E-state index >= 15 is 0 Å². The van der Waals surface area contributed by atoms with Gasteiger partial charge in [-0.25, -0.2) is 14.2 Å². The van der Waals surface area contributed by atoms with Crippen LogP contribution >= 0.6 is 23.5 Å². The van der Waals surface area contributed by atoms with Gasteiger partial charge in [0.15, 0.2) is 0 Å². The number of hydrogen-bond acceptors (Lipinski definition) is 5. The Kier molecular flexibility index (Phi) is 9.75. The molecule has 1 atom stereocenters. The summed E-state index contributed by atoms with van der Waals surface area (Å²) in [6.07, 6.45) is 9.54. The summed E-state index contributed by atoms with van der Waals surface area (Å²) in [4.78, 5) is 21.7. The zero-order valence-corrected chi connectivity index (χ0v) is 23.2. The van der Waals surface area contributed by atoms with E-state index in [1.165, 1.54) is 23.9 Å². The third-order valence-corrected chi connectivity index (χ3v) is 8.02. The number of thioether (sulfide) groups is 2. The molecule has 3 aromatic rings. The van der Waals surface area contributed by atoms with E-state index in [0.717, 1.165) is 65.4 Å². The van der Waals surface area contributed by atoms with Gasteiger partial charge in [0.25, 0.3) is 0 Å². The number of rotatable bonds is 8. The van der Waals surface area contributed by atoms with E-state index in [9.17, 15) is 9.18 Å². The average Bonchev–Trinajstić information content (AvgIpc) is 3.20. The highest BCUT2D eigenvalue weighted by Crippen LogP contribution is 2.37. The number of carbonyl (C=O) groups is 1. The van der Waals surface area contributed by atoms with Crippen LogP contribution in [-0.4, -0.2) is 34.5 Å². The number of pyridine rings is 1. The maximum atomic E-state index is 14.2. The molecule has 1 aromatic heterocycles. The van der Waals surface area contributed by atoms with Gasteiger partial charge in [-0.2, -0.15) is 0 Å². The van der Waals surface area contributed by atoms with Crippen molar-refractivity contribution >= 4 is 35.2 Å². The Balaban J connectivity index is 1.76. The molecule has 1 aliphatic carbocycles. The molecule has 0 spiro atoms. The molecule has 5 nitrogen and oxygen atoms in total. The van der Waals surface area contributed by atoms with Crippen LogP contribution in [0.4, 0.5) is 14.9 Å². The number of amides is 2. The highest BCUT2D eigenvalue weighted by Gasteiger charge is 2.34. The molecular formula is C29H34FN3O2S2. The number of aromatic nitrogens is 1. The van der Waals surface area contributed by atoms with Crippen LogP contribution in [0, 0.1) is 12.7 Å². The van der Waals surface area contributed by atoms with Crippen LogP contribution in [0.25, 0.3) is 0 Å². The zero-order chi connectivity index (χ0) is 26.2. The molecule has 0 saturated heterocycles. The predicted molar refractivity (Wildman–Crippen MR) is 151 cm³/mol. The van der Waals surface area contributed by atoms with Gasteiger partial charge in [-0.15, -0.1) is 23.5 Å². The van der Waals surface area contributed by atoms with Crippen LogP contribution < -0.4 is 10.1 Å². The standard InChI is InChI=1S/C29H34FN3O2S2/c1-20-19-25(36-2)26(27(31-20)37-3)32-29(34)33(23-13-9-4-5-10-14-23)28(21-11-7-6-8-12-21)35-24-17-15-22(30)16-18-24/h6-8,11-12,15-19,23,28H,4-5,9-10,13-14H2,1-3H3,(H,32,34). The Hall–Kier alpha value is -2.71. The second-order valence-corrected chi connectivity index (χ2v) is 10.8. The molecule has 1 N–H and O–H groups in total. The van der Waals surface area contributed by atoms with Crippen molar-refractivity contribution in [1.29, 1.82) is 0 Å². The number of anilines is 1. The molecule has 1 saturated carbocycles. The summed E-state index contributed by atoms with van der Waals surface area (Å²) < 4.78 is 20.1. The topological polar surface area (TPSA) is 54.5 Å². The fourth-order valence-electron chi connectivity index (χ4n) is 4.76. The van der Waals surface area contributed by atoms with Crippen molar-refractivity contribution in [2.75, 3.05) is 17.8 Å². The number of benzene rings is 2. The minimum Gasteiger partial charge on any atom is -0.466 e.